The normalized spacial score (nSPS) is 28.9. The Hall–Kier alpha value is -0.570. The fourth-order valence-electron chi connectivity index (χ4n) is 2.34. The lowest BCUT2D eigenvalue weighted by Crippen LogP contribution is -2.48. The monoisotopic (exact) mass is 210 g/mol. The summed E-state index contributed by atoms with van der Waals surface area (Å²) < 4.78 is 0. The predicted octanol–water partition coefficient (Wildman–Crippen LogP) is 1.39. The van der Waals surface area contributed by atoms with Crippen molar-refractivity contribution in [2.45, 2.75) is 51.6 Å². The molecule has 1 saturated heterocycles. The second kappa shape index (κ2) is 4.52. The minimum atomic E-state index is 0.0165. The Morgan fingerprint density at radius 1 is 1.40 bits per heavy atom. The Morgan fingerprint density at radius 2 is 2.13 bits per heavy atom. The Morgan fingerprint density at radius 3 is 2.73 bits per heavy atom. The summed E-state index contributed by atoms with van der Waals surface area (Å²) in [7, 11) is 0. The molecule has 2 aliphatic rings. The van der Waals surface area contributed by atoms with E-state index >= 15 is 0 Å². The van der Waals surface area contributed by atoms with Gasteiger partial charge in [0.2, 0.25) is 5.91 Å². The van der Waals surface area contributed by atoms with Gasteiger partial charge in [-0.15, -0.1) is 0 Å². The predicted molar refractivity (Wildman–Crippen MR) is 60.6 cm³/mol. The highest BCUT2D eigenvalue weighted by Crippen LogP contribution is 2.21. The third-order valence-corrected chi connectivity index (χ3v) is 3.40. The zero-order chi connectivity index (χ0) is 10.8. The smallest absolute Gasteiger partial charge is 0.239 e. The summed E-state index contributed by atoms with van der Waals surface area (Å²) in [6, 6.07) is 0.633. The minimum Gasteiger partial charge on any atom is -0.341 e. The lowest BCUT2D eigenvalue weighted by Gasteiger charge is -2.33. The van der Waals surface area contributed by atoms with Crippen LogP contribution in [0.4, 0.5) is 0 Å². The Bertz CT molecular complexity index is 238. The second-order valence-electron chi connectivity index (χ2n) is 5.19. The van der Waals surface area contributed by atoms with Crippen molar-refractivity contribution in [3.63, 3.8) is 0 Å². The van der Waals surface area contributed by atoms with Crippen LogP contribution in [-0.4, -0.2) is 36.0 Å². The standard InChI is InChI=1S/C12H22N2O/c1-9-4-3-7-14(8-9)12(15)10(2)13-11-5-6-11/h9-11,13H,3-8H2,1-2H3. The molecular formula is C12H22N2O. The summed E-state index contributed by atoms with van der Waals surface area (Å²) in [6.07, 6.45) is 4.93. The second-order valence-corrected chi connectivity index (χ2v) is 5.19. The highest BCUT2D eigenvalue weighted by atomic mass is 16.2. The van der Waals surface area contributed by atoms with E-state index in [1.807, 2.05) is 11.8 Å². The van der Waals surface area contributed by atoms with Crippen LogP contribution in [0, 0.1) is 5.92 Å². The van der Waals surface area contributed by atoms with Gasteiger partial charge >= 0.3 is 0 Å². The van der Waals surface area contributed by atoms with Gasteiger partial charge in [0, 0.05) is 19.1 Å². The molecule has 0 spiro atoms. The van der Waals surface area contributed by atoms with Crippen molar-refractivity contribution in [2.75, 3.05) is 13.1 Å². The number of likely N-dealkylation sites (tertiary alicyclic amines) is 1. The number of hydrogen-bond acceptors (Lipinski definition) is 2. The molecule has 0 aromatic carbocycles. The maximum atomic E-state index is 12.1. The van der Waals surface area contributed by atoms with Gasteiger partial charge in [-0.1, -0.05) is 6.92 Å². The topological polar surface area (TPSA) is 32.3 Å². The van der Waals surface area contributed by atoms with Crippen LogP contribution in [0.5, 0.6) is 0 Å². The van der Waals surface area contributed by atoms with E-state index in [0.29, 0.717) is 17.9 Å². The molecule has 2 rings (SSSR count). The lowest BCUT2D eigenvalue weighted by atomic mass is 10.00. The first-order valence-electron chi connectivity index (χ1n) is 6.21. The van der Waals surface area contributed by atoms with Crippen molar-refractivity contribution in [1.82, 2.24) is 10.2 Å². The molecule has 2 fully saturated rings. The molecule has 3 nitrogen and oxygen atoms in total. The van der Waals surface area contributed by atoms with Crippen LogP contribution in [0.1, 0.15) is 39.5 Å². The summed E-state index contributed by atoms with van der Waals surface area (Å²) in [4.78, 5) is 14.1. The molecule has 3 heteroatoms. The molecule has 86 valence electrons. The van der Waals surface area contributed by atoms with E-state index in [0.717, 1.165) is 13.1 Å². The number of hydrogen-bond donors (Lipinski definition) is 1. The SMILES string of the molecule is CC1CCCN(C(=O)C(C)NC2CC2)C1. The average Bonchev–Trinajstić information content (AvgIpc) is 3.00. The number of nitrogens with one attached hydrogen (secondary N) is 1. The van der Waals surface area contributed by atoms with Crippen molar-refractivity contribution in [2.24, 2.45) is 5.92 Å². The first-order valence-corrected chi connectivity index (χ1v) is 6.21. The summed E-state index contributed by atoms with van der Waals surface area (Å²) in [5, 5.41) is 3.37. The van der Waals surface area contributed by atoms with Crippen LogP contribution >= 0.6 is 0 Å². The molecule has 1 saturated carbocycles. The molecule has 1 aliphatic heterocycles. The van der Waals surface area contributed by atoms with E-state index in [1.165, 1.54) is 25.7 Å². The van der Waals surface area contributed by atoms with Gasteiger partial charge in [-0.2, -0.15) is 0 Å². The Balaban J connectivity index is 1.82. The van der Waals surface area contributed by atoms with E-state index in [-0.39, 0.29) is 6.04 Å². The quantitative estimate of drug-likeness (QED) is 0.763. The van der Waals surface area contributed by atoms with Gasteiger partial charge in [0.1, 0.15) is 0 Å². The van der Waals surface area contributed by atoms with Gasteiger partial charge in [-0.05, 0) is 38.5 Å². The zero-order valence-corrected chi connectivity index (χ0v) is 9.83. The Labute approximate surface area is 92.2 Å². The number of piperidine rings is 1. The third kappa shape index (κ3) is 2.94. The zero-order valence-electron chi connectivity index (χ0n) is 9.83. The van der Waals surface area contributed by atoms with E-state index in [2.05, 4.69) is 12.2 Å². The maximum absolute atomic E-state index is 12.1. The first kappa shape index (κ1) is 10.9. The number of nitrogens with zero attached hydrogens (tertiary/aromatic N) is 1. The summed E-state index contributed by atoms with van der Waals surface area (Å²) in [5.74, 6) is 0.976. The molecule has 1 N–H and O–H groups in total. The van der Waals surface area contributed by atoms with Gasteiger partial charge in [0.05, 0.1) is 6.04 Å². The van der Waals surface area contributed by atoms with E-state index in [4.69, 9.17) is 0 Å². The third-order valence-electron chi connectivity index (χ3n) is 3.40. The molecule has 1 heterocycles. The van der Waals surface area contributed by atoms with Crippen molar-refractivity contribution in [3.8, 4) is 0 Å². The van der Waals surface area contributed by atoms with Crippen molar-refractivity contribution in [3.05, 3.63) is 0 Å². The maximum Gasteiger partial charge on any atom is 0.239 e. The average molecular weight is 210 g/mol. The number of rotatable bonds is 3. The van der Waals surface area contributed by atoms with E-state index in [9.17, 15) is 4.79 Å². The lowest BCUT2D eigenvalue weighted by molar-refractivity contribution is -0.134. The van der Waals surface area contributed by atoms with Crippen molar-refractivity contribution >= 4 is 5.91 Å². The van der Waals surface area contributed by atoms with Gasteiger partial charge in [0.25, 0.3) is 0 Å². The minimum absolute atomic E-state index is 0.0165. The van der Waals surface area contributed by atoms with E-state index in [1.54, 1.807) is 0 Å². The first-order chi connectivity index (χ1) is 7.16. The van der Waals surface area contributed by atoms with Crippen LogP contribution in [0.3, 0.4) is 0 Å². The molecule has 0 aromatic heterocycles. The van der Waals surface area contributed by atoms with Gasteiger partial charge < -0.3 is 10.2 Å². The van der Waals surface area contributed by atoms with Crippen LogP contribution in [0.25, 0.3) is 0 Å². The summed E-state index contributed by atoms with van der Waals surface area (Å²) in [6.45, 7) is 6.15. The van der Waals surface area contributed by atoms with Crippen molar-refractivity contribution in [1.29, 1.82) is 0 Å². The van der Waals surface area contributed by atoms with Crippen molar-refractivity contribution < 1.29 is 4.79 Å². The largest absolute Gasteiger partial charge is 0.341 e. The fraction of sp³-hybridized carbons (Fsp3) is 0.917. The molecule has 0 aromatic rings. The van der Waals surface area contributed by atoms with Crippen LogP contribution in [0.2, 0.25) is 0 Å². The molecule has 1 amide bonds. The highest BCUT2D eigenvalue weighted by molar-refractivity contribution is 5.81. The molecule has 0 radical (unpaired) electrons. The molecular weight excluding hydrogens is 188 g/mol. The summed E-state index contributed by atoms with van der Waals surface area (Å²) in [5.41, 5.74) is 0. The fourth-order valence-corrected chi connectivity index (χ4v) is 2.34. The molecule has 2 atom stereocenters. The summed E-state index contributed by atoms with van der Waals surface area (Å²) >= 11 is 0. The number of carbonyl (C=O) groups is 1. The van der Waals surface area contributed by atoms with Gasteiger partial charge in [-0.3, -0.25) is 4.79 Å². The molecule has 1 aliphatic carbocycles. The molecule has 2 unspecified atom stereocenters. The van der Waals surface area contributed by atoms with Gasteiger partial charge in [0.15, 0.2) is 0 Å². The van der Waals surface area contributed by atoms with Crippen LogP contribution in [0.15, 0.2) is 0 Å². The molecule has 0 bridgehead atoms. The van der Waals surface area contributed by atoms with Crippen LogP contribution in [-0.2, 0) is 4.79 Å². The van der Waals surface area contributed by atoms with Crippen LogP contribution < -0.4 is 5.32 Å². The highest BCUT2D eigenvalue weighted by Gasteiger charge is 2.29. The van der Waals surface area contributed by atoms with E-state index < -0.39 is 0 Å². The van der Waals surface area contributed by atoms with Gasteiger partial charge in [-0.25, -0.2) is 0 Å². The Kier molecular flexibility index (Phi) is 3.29. The molecule has 15 heavy (non-hydrogen) atoms. The number of carbonyl (C=O) groups excluding carboxylic acids is 1. The number of amides is 1.